The van der Waals surface area contributed by atoms with E-state index in [9.17, 15) is 9.59 Å². The van der Waals surface area contributed by atoms with Crippen LogP contribution in [0.2, 0.25) is 0 Å². The van der Waals surface area contributed by atoms with Crippen molar-refractivity contribution in [3.05, 3.63) is 0 Å². The Hall–Kier alpha value is -0.750. The number of hydrogen-bond acceptors (Lipinski definition) is 4. The highest BCUT2D eigenvalue weighted by Crippen LogP contribution is 1.88. The summed E-state index contributed by atoms with van der Waals surface area (Å²) in [7, 11) is 0. The highest BCUT2D eigenvalue weighted by molar-refractivity contribution is 7.80. The topological polar surface area (TPSA) is 84.2 Å². The first-order chi connectivity index (χ1) is 6.15. The lowest BCUT2D eigenvalue weighted by molar-refractivity contribution is -0.127. The van der Waals surface area contributed by atoms with E-state index in [4.69, 9.17) is 5.73 Å². The van der Waals surface area contributed by atoms with Crippen LogP contribution in [0.1, 0.15) is 6.92 Å². The van der Waals surface area contributed by atoms with Gasteiger partial charge in [0.15, 0.2) is 0 Å². The van der Waals surface area contributed by atoms with Gasteiger partial charge < -0.3 is 16.4 Å². The largest absolute Gasteiger partial charge is 0.355 e. The molecule has 0 spiro atoms. The van der Waals surface area contributed by atoms with Gasteiger partial charge in [-0.05, 0) is 6.92 Å². The van der Waals surface area contributed by atoms with E-state index < -0.39 is 6.04 Å². The highest BCUT2D eigenvalue weighted by Gasteiger charge is 2.17. The molecule has 0 aromatic carbocycles. The predicted molar refractivity (Wildman–Crippen MR) is 53.5 cm³/mol. The van der Waals surface area contributed by atoms with Gasteiger partial charge in [-0.25, -0.2) is 0 Å². The minimum Gasteiger partial charge on any atom is -0.355 e. The Bertz CT molecular complexity index is 187. The molecule has 1 atom stereocenters. The van der Waals surface area contributed by atoms with Gasteiger partial charge in [-0.3, -0.25) is 9.59 Å². The Morgan fingerprint density at radius 2 is 2.15 bits per heavy atom. The third-order valence-corrected chi connectivity index (χ3v) is 1.74. The summed E-state index contributed by atoms with van der Waals surface area (Å²) in [6.07, 6.45) is 0. The molecule has 5 nitrogen and oxygen atoms in total. The quantitative estimate of drug-likeness (QED) is 0.412. The fourth-order valence-electron chi connectivity index (χ4n) is 0.745. The summed E-state index contributed by atoms with van der Waals surface area (Å²) in [5.74, 6) is -0.331. The third kappa shape index (κ3) is 4.74. The van der Waals surface area contributed by atoms with Crippen molar-refractivity contribution in [2.75, 3.05) is 18.8 Å². The second-order valence-corrected chi connectivity index (χ2v) is 2.77. The zero-order valence-electron chi connectivity index (χ0n) is 7.54. The molecule has 76 valence electrons. The fraction of sp³-hybridized carbons (Fsp3) is 0.714. The van der Waals surface area contributed by atoms with Gasteiger partial charge in [-0.2, -0.15) is 12.6 Å². The molecule has 2 amide bonds. The second-order valence-electron chi connectivity index (χ2n) is 2.40. The van der Waals surface area contributed by atoms with E-state index >= 15 is 0 Å². The van der Waals surface area contributed by atoms with Crippen LogP contribution in [0.3, 0.4) is 0 Å². The van der Waals surface area contributed by atoms with Crippen molar-refractivity contribution in [2.24, 2.45) is 5.73 Å². The lowest BCUT2D eigenvalue weighted by atomic mass is 10.3. The first-order valence-corrected chi connectivity index (χ1v) is 4.66. The molecule has 4 N–H and O–H groups in total. The van der Waals surface area contributed by atoms with Crippen LogP contribution in [0.25, 0.3) is 0 Å². The lowest BCUT2D eigenvalue weighted by Crippen LogP contribution is -2.49. The number of amides is 2. The molecule has 0 aliphatic rings. The molecule has 6 heteroatoms. The first kappa shape index (κ1) is 12.2. The van der Waals surface area contributed by atoms with Crippen LogP contribution in [-0.2, 0) is 9.59 Å². The van der Waals surface area contributed by atoms with Crippen LogP contribution in [0.4, 0.5) is 0 Å². The number of thiol groups is 1. The maximum atomic E-state index is 11.2. The minimum atomic E-state index is -0.598. The molecule has 0 radical (unpaired) electrons. The smallest absolute Gasteiger partial charge is 0.243 e. The predicted octanol–water partition coefficient (Wildman–Crippen LogP) is -1.50. The summed E-state index contributed by atoms with van der Waals surface area (Å²) in [6.45, 7) is 2.21. The van der Waals surface area contributed by atoms with E-state index in [1.165, 1.54) is 0 Å². The second kappa shape index (κ2) is 6.73. The summed E-state index contributed by atoms with van der Waals surface area (Å²) in [6, 6.07) is -0.598. The monoisotopic (exact) mass is 205 g/mol. The number of nitrogens with one attached hydrogen (secondary N) is 2. The average molecular weight is 205 g/mol. The third-order valence-electron chi connectivity index (χ3n) is 1.37. The molecule has 0 bridgehead atoms. The van der Waals surface area contributed by atoms with E-state index in [2.05, 4.69) is 23.3 Å². The van der Waals surface area contributed by atoms with Gasteiger partial charge >= 0.3 is 0 Å². The molecule has 0 aromatic heterocycles. The standard InChI is InChI=1S/C7H15N3O2S/c1-2-9-7(12)5(4-13)10-6(11)3-8/h5,13H,2-4,8H2,1H3,(H,9,12)(H,10,11)/t5-/m1/s1. The molecular formula is C7H15N3O2S. The number of carbonyl (C=O) groups excluding carboxylic acids is 2. The van der Waals surface area contributed by atoms with Crippen LogP contribution in [0.15, 0.2) is 0 Å². The van der Waals surface area contributed by atoms with Gasteiger partial charge in [0.05, 0.1) is 6.54 Å². The van der Waals surface area contributed by atoms with Gasteiger partial charge in [0.25, 0.3) is 0 Å². The molecule has 0 rings (SSSR count). The summed E-state index contributed by atoms with van der Waals surface area (Å²) >= 11 is 3.94. The lowest BCUT2D eigenvalue weighted by Gasteiger charge is -2.14. The van der Waals surface area contributed by atoms with Gasteiger partial charge in [0, 0.05) is 12.3 Å². The molecule has 0 aromatic rings. The van der Waals surface area contributed by atoms with E-state index in [-0.39, 0.29) is 24.1 Å². The summed E-state index contributed by atoms with van der Waals surface area (Å²) < 4.78 is 0. The van der Waals surface area contributed by atoms with Gasteiger partial charge in [-0.1, -0.05) is 0 Å². The molecule has 0 saturated carbocycles. The maximum Gasteiger partial charge on any atom is 0.243 e. The van der Waals surface area contributed by atoms with Gasteiger partial charge in [0.2, 0.25) is 11.8 Å². The molecule has 0 heterocycles. The Labute approximate surface area is 82.8 Å². The van der Waals surface area contributed by atoms with Crippen LogP contribution >= 0.6 is 12.6 Å². The number of rotatable bonds is 5. The van der Waals surface area contributed by atoms with Crippen molar-refractivity contribution in [3.63, 3.8) is 0 Å². The van der Waals surface area contributed by atoms with Crippen molar-refractivity contribution in [1.82, 2.24) is 10.6 Å². The van der Waals surface area contributed by atoms with E-state index in [0.717, 1.165) is 0 Å². The number of likely N-dealkylation sites (N-methyl/N-ethyl adjacent to an activating group) is 1. The van der Waals surface area contributed by atoms with Crippen molar-refractivity contribution in [2.45, 2.75) is 13.0 Å². The van der Waals surface area contributed by atoms with E-state index in [0.29, 0.717) is 6.54 Å². The zero-order valence-corrected chi connectivity index (χ0v) is 8.43. The molecule has 0 unspecified atom stereocenters. The molecule has 0 aliphatic heterocycles. The van der Waals surface area contributed by atoms with Crippen molar-refractivity contribution >= 4 is 24.4 Å². The molecule has 13 heavy (non-hydrogen) atoms. The first-order valence-electron chi connectivity index (χ1n) is 4.03. The molecule has 0 aliphatic carbocycles. The van der Waals surface area contributed by atoms with Crippen LogP contribution in [0.5, 0.6) is 0 Å². The fourth-order valence-corrected chi connectivity index (χ4v) is 1.00. The molecule has 0 fully saturated rings. The average Bonchev–Trinajstić information content (AvgIpc) is 2.14. The van der Waals surface area contributed by atoms with Crippen molar-refractivity contribution in [3.8, 4) is 0 Å². The Morgan fingerprint density at radius 1 is 1.54 bits per heavy atom. The normalized spacial score (nSPS) is 11.9. The van der Waals surface area contributed by atoms with Crippen LogP contribution in [0, 0.1) is 0 Å². The number of nitrogens with two attached hydrogens (primary N) is 1. The Kier molecular flexibility index (Phi) is 6.34. The van der Waals surface area contributed by atoms with E-state index in [1.807, 2.05) is 0 Å². The SMILES string of the molecule is CCNC(=O)[C@@H](CS)NC(=O)CN. The minimum absolute atomic E-state index is 0.121. The maximum absolute atomic E-state index is 11.2. The van der Waals surface area contributed by atoms with Crippen molar-refractivity contribution < 1.29 is 9.59 Å². The summed E-state index contributed by atoms with van der Waals surface area (Å²) in [5, 5.41) is 5.03. The van der Waals surface area contributed by atoms with E-state index in [1.54, 1.807) is 6.92 Å². The Balaban J connectivity index is 4.01. The number of carbonyl (C=O) groups is 2. The van der Waals surface area contributed by atoms with Crippen molar-refractivity contribution in [1.29, 1.82) is 0 Å². The van der Waals surface area contributed by atoms with Gasteiger partial charge in [-0.15, -0.1) is 0 Å². The molecular weight excluding hydrogens is 190 g/mol. The van der Waals surface area contributed by atoms with Crippen LogP contribution in [-0.4, -0.2) is 36.7 Å². The number of hydrogen-bond donors (Lipinski definition) is 4. The summed E-state index contributed by atoms with van der Waals surface area (Å²) in [4.78, 5) is 22.0. The summed E-state index contributed by atoms with van der Waals surface area (Å²) in [5.41, 5.74) is 5.08. The van der Waals surface area contributed by atoms with Crippen LogP contribution < -0.4 is 16.4 Å². The Morgan fingerprint density at radius 3 is 2.54 bits per heavy atom. The highest BCUT2D eigenvalue weighted by atomic mass is 32.1. The van der Waals surface area contributed by atoms with Gasteiger partial charge in [0.1, 0.15) is 6.04 Å². The molecule has 0 saturated heterocycles. The zero-order chi connectivity index (χ0) is 10.3.